The number of nitrogens with zero attached hydrogens (tertiary/aromatic N) is 1. The zero-order valence-electron chi connectivity index (χ0n) is 14.9. The molecule has 27 heavy (non-hydrogen) atoms. The number of H-pyrrole nitrogens is 1. The Balaban J connectivity index is 1.99. The number of fused-ring (bicyclic) bond motifs is 1. The Morgan fingerprint density at radius 2 is 1.89 bits per heavy atom. The largest absolute Gasteiger partial charge is 0.328 e. The van der Waals surface area contributed by atoms with Crippen LogP contribution < -0.4 is 10.9 Å². The van der Waals surface area contributed by atoms with Gasteiger partial charge in [-0.25, -0.2) is 13.6 Å². The van der Waals surface area contributed by atoms with Crippen LogP contribution in [0.15, 0.2) is 53.5 Å². The molecule has 2 amide bonds. The fourth-order valence-corrected chi connectivity index (χ4v) is 3.13. The van der Waals surface area contributed by atoms with Crippen LogP contribution in [0.5, 0.6) is 0 Å². The van der Waals surface area contributed by atoms with Gasteiger partial charge in [0.25, 0.3) is 5.56 Å². The number of rotatable bonds is 4. The summed E-state index contributed by atoms with van der Waals surface area (Å²) in [6, 6.07) is 10.5. The molecule has 0 fully saturated rings. The van der Waals surface area contributed by atoms with Crippen molar-refractivity contribution in [3.8, 4) is 0 Å². The normalized spacial score (nSPS) is 12.0. The summed E-state index contributed by atoms with van der Waals surface area (Å²) in [7, 11) is 0. The van der Waals surface area contributed by atoms with Crippen molar-refractivity contribution in [2.24, 2.45) is 0 Å². The summed E-state index contributed by atoms with van der Waals surface area (Å²) >= 11 is 0. The van der Waals surface area contributed by atoms with Crippen LogP contribution in [0.2, 0.25) is 0 Å². The minimum Gasteiger partial charge on any atom is -0.328 e. The molecule has 7 heteroatoms. The molecule has 0 aliphatic carbocycles. The van der Waals surface area contributed by atoms with E-state index in [1.54, 1.807) is 24.0 Å². The fraction of sp³-hybridized carbons (Fsp3) is 0.200. The van der Waals surface area contributed by atoms with Gasteiger partial charge in [0, 0.05) is 18.4 Å². The molecule has 140 valence electrons. The Bertz CT molecular complexity index is 1030. The lowest BCUT2D eigenvalue weighted by atomic mass is 10.0. The first-order valence-corrected chi connectivity index (χ1v) is 8.56. The number of aromatic nitrogens is 1. The molecule has 0 unspecified atom stereocenters. The number of halogens is 2. The van der Waals surface area contributed by atoms with Crippen molar-refractivity contribution in [2.75, 3.05) is 11.9 Å². The Kier molecular flexibility index (Phi) is 5.21. The average molecular weight is 371 g/mol. The summed E-state index contributed by atoms with van der Waals surface area (Å²) in [6.45, 7) is 3.96. The average Bonchev–Trinajstić information content (AvgIpc) is 2.66. The molecule has 0 radical (unpaired) electrons. The van der Waals surface area contributed by atoms with Gasteiger partial charge in [0.2, 0.25) is 0 Å². The molecule has 0 aliphatic heterocycles. The van der Waals surface area contributed by atoms with Crippen molar-refractivity contribution in [2.45, 2.75) is 19.9 Å². The number of carbonyl (C=O) groups is 1. The number of nitrogens with one attached hydrogen (secondary N) is 2. The summed E-state index contributed by atoms with van der Waals surface area (Å²) in [5, 5.41) is 2.73. The number of carbonyl (C=O) groups excluding carboxylic acids is 1. The topological polar surface area (TPSA) is 65.2 Å². The van der Waals surface area contributed by atoms with Crippen molar-refractivity contribution < 1.29 is 13.6 Å². The monoisotopic (exact) mass is 371 g/mol. The van der Waals surface area contributed by atoms with Crippen molar-refractivity contribution in [1.29, 1.82) is 0 Å². The molecule has 0 spiro atoms. The van der Waals surface area contributed by atoms with E-state index in [1.165, 1.54) is 12.3 Å². The third-order valence-electron chi connectivity index (χ3n) is 4.54. The Labute approximate surface area is 154 Å². The molecule has 2 N–H and O–H groups in total. The number of hydrogen-bond acceptors (Lipinski definition) is 2. The SMILES string of the molecule is CCN(C(=O)Nc1ccccc1)[C@H](C)c1c[nH]c(=O)c2c(F)c(F)ccc12. The van der Waals surface area contributed by atoms with E-state index < -0.39 is 23.2 Å². The van der Waals surface area contributed by atoms with Crippen molar-refractivity contribution >= 4 is 22.5 Å². The number of aromatic amines is 1. The van der Waals surface area contributed by atoms with Gasteiger partial charge in [-0.3, -0.25) is 4.79 Å². The van der Waals surface area contributed by atoms with Crippen LogP contribution in [0.1, 0.15) is 25.5 Å². The lowest BCUT2D eigenvalue weighted by Gasteiger charge is -2.29. The van der Waals surface area contributed by atoms with Crippen LogP contribution in [0.25, 0.3) is 10.8 Å². The highest BCUT2D eigenvalue weighted by molar-refractivity contribution is 5.91. The van der Waals surface area contributed by atoms with E-state index >= 15 is 0 Å². The lowest BCUT2D eigenvalue weighted by molar-refractivity contribution is 0.197. The standard InChI is InChI=1S/C20H19F2N3O2/c1-3-25(20(27)24-13-7-5-4-6-8-13)12(2)15-11-23-19(26)17-14(15)9-10-16(21)18(17)22/h4-12H,3H2,1-2H3,(H,23,26)(H,24,27)/t12-/m1/s1. The van der Waals surface area contributed by atoms with Crippen molar-refractivity contribution in [3.05, 3.63) is 76.2 Å². The molecule has 1 heterocycles. The first-order chi connectivity index (χ1) is 12.9. The van der Waals surface area contributed by atoms with E-state index in [0.717, 1.165) is 6.07 Å². The van der Waals surface area contributed by atoms with Crippen LogP contribution in [-0.2, 0) is 0 Å². The van der Waals surface area contributed by atoms with E-state index in [2.05, 4.69) is 10.3 Å². The smallest absolute Gasteiger partial charge is 0.322 e. The number of amides is 2. The van der Waals surface area contributed by atoms with Crippen LogP contribution in [0, 0.1) is 11.6 Å². The number of urea groups is 1. The second kappa shape index (κ2) is 7.57. The second-order valence-corrected chi connectivity index (χ2v) is 6.12. The van der Waals surface area contributed by atoms with E-state index in [9.17, 15) is 18.4 Å². The summed E-state index contributed by atoms with van der Waals surface area (Å²) in [6.07, 6.45) is 1.44. The highest BCUT2D eigenvalue weighted by Gasteiger charge is 2.24. The predicted octanol–water partition coefficient (Wildman–Crippen LogP) is 4.42. The van der Waals surface area contributed by atoms with Gasteiger partial charge in [0.1, 0.15) is 0 Å². The van der Waals surface area contributed by atoms with Gasteiger partial charge in [-0.2, -0.15) is 0 Å². The maximum Gasteiger partial charge on any atom is 0.322 e. The molecule has 3 rings (SSSR count). The molecule has 1 aromatic heterocycles. The second-order valence-electron chi connectivity index (χ2n) is 6.12. The summed E-state index contributed by atoms with van der Waals surface area (Å²) in [5.41, 5.74) is 0.455. The third-order valence-corrected chi connectivity index (χ3v) is 4.54. The Morgan fingerprint density at radius 1 is 1.19 bits per heavy atom. The maximum absolute atomic E-state index is 14.1. The number of anilines is 1. The lowest BCUT2D eigenvalue weighted by Crippen LogP contribution is -2.37. The summed E-state index contributed by atoms with van der Waals surface area (Å²) in [5.74, 6) is -2.29. The zero-order chi connectivity index (χ0) is 19.6. The summed E-state index contributed by atoms with van der Waals surface area (Å²) < 4.78 is 27.7. The van der Waals surface area contributed by atoms with Crippen LogP contribution in [-0.4, -0.2) is 22.5 Å². The molecule has 3 aromatic rings. The quantitative estimate of drug-likeness (QED) is 0.713. The Morgan fingerprint density at radius 3 is 2.56 bits per heavy atom. The zero-order valence-corrected chi connectivity index (χ0v) is 14.9. The van der Waals surface area contributed by atoms with Crippen LogP contribution in [0.3, 0.4) is 0 Å². The van der Waals surface area contributed by atoms with Crippen molar-refractivity contribution in [1.82, 2.24) is 9.88 Å². The maximum atomic E-state index is 14.1. The van der Waals surface area contributed by atoms with Gasteiger partial charge in [0.15, 0.2) is 11.6 Å². The first-order valence-electron chi connectivity index (χ1n) is 8.56. The predicted molar refractivity (Wildman–Crippen MR) is 101 cm³/mol. The summed E-state index contributed by atoms with van der Waals surface area (Å²) in [4.78, 5) is 28.7. The van der Waals surface area contributed by atoms with Gasteiger partial charge >= 0.3 is 6.03 Å². The fourth-order valence-electron chi connectivity index (χ4n) is 3.13. The van der Waals surface area contributed by atoms with E-state index in [-0.39, 0.29) is 16.8 Å². The van der Waals surface area contributed by atoms with Crippen LogP contribution in [0.4, 0.5) is 19.3 Å². The van der Waals surface area contributed by atoms with Gasteiger partial charge in [-0.05, 0) is 43.0 Å². The van der Waals surface area contributed by atoms with E-state index in [0.29, 0.717) is 17.8 Å². The highest BCUT2D eigenvalue weighted by atomic mass is 19.2. The molecule has 0 bridgehead atoms. The van der Waals surface area contributed by atoms with Gasteiger partial charge < -0.3 is 15.2 Å². The molecule has 0 saturated carbocycles. The molecular weight excluding hydrogens is 352 g/mol. The molecule has 5 nitrogen and oxygen atoms in total. The molecule has 0 aliphatic rings. The number of hydrogen-bond donors (Lipinski definition) is 2. The molecule has 1 atom stereocenters. The van der Waals surface area contributed by atoms with Gasteiger partial charge in [-0.15, -0.1) is 0 Å². The molecular formula is C20H19F2N3O2. The van der Waals surface area contributed by atoms with Gasteiger partial charge in [0.05, 0.1) is 11.4 Å². The number of para-hydroxylation sites is 1. The Hall–Kier alpha value is -3.22. The number of benzene rings is 2. The minimum atomic E-state index is -1.19. The number of pyridine rings is 1. The van der Waals surface area contributed by atoms with E-state index in [1.807, 2.05) is 25.1 Å². The minimum absolute atomic E-state index is 0.274. The van der Waals surface area contributed by atoms with Crippen LogP contribution >= 0.6 is 0 Å². The van der Waals surface area contributed by atoms with E-state index in [4.69, 9.17) is 0 Å². The van der Waals surface area contributed by atoms with Crippen molar-refractivity contribution in [3.63, 3.8) is 0 Å². The van der Waals surface area contributed by atoms with Gasteiger partial charge in [-0.1, -0.05) is 24.3 Å². The highest BCUT2D eigenvalue weighted by Crippen LogP contribution is 2.28. The first kappa shape index (κ1) is 18.6. The molecule has 2 aromatic carbocycles. The molecule has 0 saturated heterocycles. The third kappa shape index (κ3) is 3.53.